The molecular weight excluding hydrogens is 481 g/mol. The van der Waals surface area contributed by atoms with Crippen molar-refractivity contribution in [1.29, 1.82) is 5.26 Å². The van der Waals surface area contributed by atoms with Crippen LogP contribution in [-0.4, -0.2) is 72.3 Å². The highest BCUT2D eigenvalue weighted by molar-refractivity contribution is 8.04. The van der Waals surface area contributed by atoms with Crippen molar-refractivity contribution < 1.29 is 22.8 Å². The molecule has 2 fully saturated rings. The lowest BCUT2D eigenvalue weighted by Gasteiger charge is -2.16. The molecule has 0 spiro atoms. The molecule has 0 aromatic heterocycles. The van der Waals surface area contributed by atoms with Crippen LogP contribution >= 0.6 is 11.8 Å². The molecule has 1 aromatic rings. The van der Waals surface area contributed by atoms with E-state index in [9.17, 15) is 28.0 Å². The maximum absolute atomic E-state index is 12.8. The van der Waals surface area contributed by atoms with E-state index in [4.69, 9.17) is 0 Å². The van der Waals surface area contributed by atoms with Gasteiger partial charge in [-0.15, -0.1) is 0 Å². The molecule has 1 atom stereocenters. The van der Waals surface area contributed by atoms with Crippen molar-refractivity contribution in [3.05, 3.63) is 40.4 Å². The average molecular weight is 511 g/mol. The summed E-state index contributed by atoms with van der Waals surface area (Å²) < 4.78 is 36.9. The predicted molar refractivity (Wildman–Crippen MR) is 128 cm³/mol. The first-order valence-electron chi connectivity index (χ1n) is 11.5. The van der Waals surface area contributed by atoms with E-state index in [0.717, 1.165) is 43.5 Å². The molecule has 2 amide bonds. The van der Waals surface area contributed by atoms with Gasteiger partial charge in [0.2, 0.25) is 5.91 Å². The summed E-state index contributed by atoms with van der Waals surface area (Å²) >= 11 is 1.05. The summed E-state index contributed by atoms with van der Waals surface area (Å²) in [5.41, 5.74) is 5.30. The Morgan fingerprint density at radius 3 is 2.51 bits per heavy atom. The van der Waals surface area contributed by atoms with Crippen molar-refractivity contribution >= 4 is 29.3 Å². The van der Waals surface area contributed by atoms with Gasteiger partial charge in [-0.05, 0) is 57.0 Å². The Morgan fingerprint density at radius 1 is 1.23 bits per heavy atom. The number of carbonyl (C=O) groups excluding carboxylic acids is 2. The van der Waals surface area contributed by atoms with E-state index in [1.54, 1.807) is 18.4 Å². The lowest BCUT2D eigenvalue weighted by atomic mass is 10.1. The van der Waals surface area contributed by atoms with Gasteiger partial charge in [-0.1, -0.05) is 23.9 Å². The summed E-state index contributed by atoms with van der Waals surface area (Å²) in [5.74, 6) is -1.30. The highest BCUT2D eigenvalue weighted by Gasteiger charge is 2.39. The lowest BCUT2D eigenvalue weighted by molar-refractivity contribution is -0.130. The SMILES string of the molecule is CCN1C(=O)C(CNc2ccc(CCN3CCCC3)cc2)S/C1=C(/C#N)C(=O)NNCC(F)(F)F. The molecule has 35 heavy (non-hydrogen) atoms. The number of nitrogens with one attached hydrogen (secondary N) is 3. The fourth-order valence-corrected chi connectivity index (χ4v) is 5.19. The monoisotopic (exact) mass is 510 g/mol. The number of rotatable bonds is 10. The fourth-order valence-electron chi connectivity index (χ4n) is 3.92. The Balaban J connectivity index is 1.57. The molecule has 0 radical (unpaired) electrons. The minimum atomic E-state index is -4.52. The summed E-state index contributed by atoms with van der Waals surface area (Å²) in [5, 5.41) is 12.2. The topological polar surface area (TPSA) is 100 Å². The van der Waals surface area contributed by atoms with Crippen LogP contribution in [0.4, 0.5) is 18.9 Å². The first-order valence-corrected chi connectivity index (χ1v) is 12.4. The van der Waals surface area contributed by atoms with E-state index in [2.05, 4.69) is 22.3 Å². The molecule has 8 nitrogen and oxygen atoms in total. The molecule has 1 aromatic carbocycles. The van der Waals surface area contributed by atoms with Crippen LogP contribution in [0, 0.1) is 11.3 Å². The van der Waals surface area contributed by atoms with Crippen molar-refractivity contribution in [3.8, 4) is 6.07 Å². The predicted octanol–water partition coefficient (Wildman–Crippen LogP) is 2.62. The fraction of sp³-hybridized carbons (Fsp3) is 0.522. The van der Waals surface area contributed by atoms with E-state index in [0.29, 0.717) is 0 Å². The molecule has 0 saturated carbocycles. The second-order valence-electron chi connectivity index (χ2n) is 8.28. The molecule has 2 aliphatic heterocycles. The smallest absolute Gasteiger partial charge is 0.383 e. The maximum Gasteiger partial charge on any atom is 0.402 e. The van der Waals surface area contributed by atoms with Gasteiger partial charge in [0.1, 0.15) is 28.5 Å². The van der Waals surface area contributed by atoms with Crippen molar-refractivity contribution in [3.63, 3.8) is 0 Å². The molecular formula is C23H29F3N6O2S. The number of hydrogen-bond donors (Lipinski definition) is 3. The van der Waals surface area contributed by atoms with Crippen molar-refractivity contribution in [2.24, 2.45) is 0 Å². The average Bonchev–Trinajstić information content (AvgIpc) is 3.44. The zero-order valence-corrected chi connectivity index (χ0v) is 20.3. The zero-order chi connectivity index (χ0) is 25.4. The molecule has 2 aliphatic rings. The number of hydrazine groups is 1. The number of halogens is 3. The van der Waals surface area contributed by atoms with Crippen LogP contribution in [0.2, 0.25) is 0 Å². The Bertz CT molecular complexity index is 971. The number of carbonyl (C=O) groups is 2. The molecule has 2 heterocycles. The molecule has 190 valence electrons. The van der Waals surface area contributed by atoms with Gasteiger partial charge in [-0.3, -0.25) is 15.0 Å². The normalized spacial score (nSPS) is 20.1. The number of amides is 2. The minimum absolute atomic E-state index is 0.135. The van der Waals surface area contributed by atoms with E-state index >= 15 is 0 Å². The second kappa shape index (κ2) is 12.3. The number of nitrogens with zero attached hydrogens (tertiary/aromatic N) is 3. The van der Waals surface area contributed by atoms with Gasteiger partial charge in [-0.25, -0.2) is 5.43 Å². The summed E-state index contributed by atoms with van der Waals surface area (Å²) in [6, 6.07) is 9.74. The van der Waals surface area contributed by atoms with Gasteiger partial charge in [0.05, 0.1) is 0 Å². The number of likely N-dealkylation sites (tertiary alicyclic amines) is 1. The van der Waals surface area contributed by atoms with E-state index in [1.165, 1.54) is 23.3 Å². The molecule has 0 aliphatic carbocycles. The summed E-state index contributed by atoms with van der Waals surface area (Å²) in [6.07, 6.45) is -1.01. The highest BCUT2D eigenvalue weighted by Crippen LogP contribution is 2.37. The maximum atomic E-state index is 12.8. The number of anilines is 1. The quantitative estimate of drug-likeness (QED) is 0.253. The van der Waals surface area contributed by atoms with Gasteiger partial charge < -0.3 is 15.1 Å². The summed E-state index contributed by atoms with van der Waals surface area (Å²) in [4.78, 5) is 28.9. The third kappa shape index (κ3) is 7.62. The van der Waals surface area contributed by atoms with Gasteiger partial charge in [0, 0.05) is 25.3 Å². The number of thioether (sulfide) groups is 1. The number of benzene rings is 1. The summed E-state index contributed by atoms with van der Waals surface area (Å²) in [7, 11) is 0. The van der Waals surface area contributed by atoms with Gasteiger partial charge >= 0.3 is 6.18 Å². The third-order valence-electron chi connectivity index (χ3n) is 5.76. The zero-order valence-electron chi connectivity index (χ0n) is 19.5. The van der Waals surface area contributed by atoms with Crippen LogP contribution in [-0.2, 0) is 16.0 Å². The van der Waals surface area contributed by atoms with Gasteiger partial charge in [-0.2, -0.15) is 18.4 Å². The summed E-state index contributed by atoms with van der Waals surface area (Å²) in [6.45, 7) is 4.11. The first-order chi connectivity index (χ1) is 16.7. The number of alkyl halides is 3. The van der Waals surface area contributed by atoms with Crippen molar-refractivity contribution in [2.45, 2.75) is 37.6 Å². The molecule has 12 heteroatoms. The first kappa shape index (κ1) is 26.8. The molecule has 3 rings (SSSR count). The molecule has 2 saturated heterocycles. The Morgan fingerprint density at radius 2 is 1.91 bits per heavy atom. The van der Waals surface area contributed by atoms with E-state index in [1.807, 2.05) is 17.6 Å². The van der Waals surface area contributed by atoms with Crippen LogP contribution in [0.5, 0.6) is 0 Å². The molecule has 1 unspecified atom stereocenters. The Kier molecular flexibility index (Phi) is 9.42. The highest BCUT2D eigenvalue weighted by atomic mass is 32.2. The molecule has 0 bridgehead atoms. The number of nitriles is 1. The van der Waals surface area contributed by atoms with Crippen LogP contribution in [0.1, 0.15) is 25.3 Å². The van der Waals surface area contributed by atoms with Gasteiger partial charge in [0.15, 0.2) is 0 Å². The standard InChI is InChI=1S/C23H29F3N6O2S/c1-2-32-21(34)19(35-22(32)18(13-27)20(33)30-29-15-23(24,25)26)14-28-17-7-5-16(6-8-17)9-12-31-10-3-4-11-31/h5-8,19,28-29H,2-4,9-12,14-15H2,1H3,(H,30,33)/b22-18-. The van der Waals surface area contributed by atoms with Crippen LogP contribution in [0.3, 0.4) is 0 Å². The Labute approximate surface area is 206 Å². The van der Waals surface area contributed by atoms with E-state index in [-0.39, 0.29) is 24.0 Å². The molecule has 3 N–H and O–H groups in total. The Hall–Kier alpha value is -2.75. The minimum Gasteiger partial charge on any atom is -0.383 e. The van der Waals surface area contributed by atoms with Crippen molar-refractivity contribution in [2.75, 3.05) is 44.6 Å². The van der Waals surface area contributed by atoms with Crippen LogP contribution in [0.15, 0.2) is 34.9 Å². The third-order valence-corrected chi connectivity index (χ3v) is 7.06. The van der Waals surface area contributed by atoms with Crippen LogP contribution in [0.25, 0.3) is 0 Å². The number of hydrogen-bond acceptors (Lipinski definition) is 7. The largest absolute Gasteiger partial charge is 0.402 e. The van der Waals surface area contributed by atoms with E-state index < -0.39 is 29.5 Å². The second-order valence-corrected chi connectivity index (χ2v) is 9.47. The lowest BCUT2D eigenvalue weighted by Crippen LogP contribution is -2.43. The van der Waals surface area contributed by atoms with Crippen molar-refractivity contribution in [1.82, 2.24) is 20.7 Å². The van der Waals surface area contributed by atoms with Gasteiger partial charge in [0.25, 0.3) is 5.91 Å². The van der Waals surface area contributed by atoms with Crippen LogP contribution < -0.4 is 16.2 Å².